The molecule has 1 saturated heterocycles. The third-order valence-electron chi connectivity index (χ3n) is 4.09. The lowest BCUT2D eigenvalue weighted by molar-refractivity contribution is -0.124. The number of carbonyl (C=O) groups excluding carboxylic acids is 1. The van der Waals surface area contributed by atoms with E-state index in [0.717, 1.165) is 12.8 Å². The quantitative estimate of drug-likeness (QED) is 0.899. The molecule has 1 aliphatic rings. The van der Waals surface area contributed by atoms with Gasteiger partial charge < -0.3 is 5.32 Å². The number of amides is 1. The van der Waals surface area contributed by atoms with E-state index in [0.29, 0.717) is 23.7 Å². The Morgan fingerprint density at radius 3 is 2.74 bits per heavy atom. The Labute approximate surface area is 143 Å². The summed E-state index contributed by atoms with van der Waals surface area (Å²) in [4.78, 5) is 12.1. The molecule has 0 aliphatic carbocycles. The second kappa shape index (κ2) is 7.20. The monoisotopic (exact) mass is 358 g/mol. The Morgan fingerprint density at radius 1 is 1.39 bits per heavy atom. The average Bonchev–Trinajstić information content (AvgIpc) is 2.50. The number of nitrogens with zero attached hydrogens (tertiary/aromatic N) is 1. The molecule has 0 spiro atoms. The first-order valence-electron chi connectivity index (χ1n) is 7.79. The molecule has 1 heterocycles. The van der Waals surface area contributed by atoms with Crippen molar-refractivity contribution in [1.82, 2.24) is 9.62 Å². The summed E-state index contributed by atoms with van der Waals surface area (Å²) < 4.78 is 27.2. The highest BCUT2D eigenvalue weighted by Crippen LogP contribution is 2.27. The first-order chi connectivity index (χ1) is 10.7. The highest BCUT2D eigenvalue weighted by atomic mass is 35.5. The number of hydrogen-bond acceptors (Lipinski definition) is 3. The van der Waals surface area contributed by atoms with E-state index in [1.165, 1.54) is 4.31 Å². The summed E-state index contributed by atoms with van der Waals surface area (Å²) in [7, 11) is -3.61. The molecule has 23 heavy (non-hydrogen) atoms. The van der Waals surface area contributed by atoms with Gasteiger partial charge in [-0.3, -0.25) is 4.79 Å². The molecule has 1 aliphatic heterocycles. The lowest BCUT2D eigenvalue weighted by Crippen LogP contribution is -2.50. The van der Waals surface area contributed by atoms with Crippen molar-refractivity contribution < 1.29 is 13.2 Å². The van der Waals surface area contributed by atoms with Crippen LogP contribution in [0, 0.1) is 12.8 Å². The summed E-state index contributed by atoms with van der Waals surface area (Å²) >= 11 is 6.05. The average molecular weight is 359 g/mol. The van der Waals surface area contributed by atoms with Gasteiger partial charge in [0.15, 0.2) is 0 Å². The van der Waals surface area contributed by atoms with Gasteiger partial charge in [-0.1, -0.05) is 31.5 Å². The van der Waals surface area contributed by atoms with Crippen LogP contribution in [0.2, 0.25) is 5.02 Å². The molecule has 5 nitrogen and oxygen atoms in total. The molecule has 0 radical (unpaired) electrons. The molecule has 2 rings (SSSR count). The minimum Gasteiger partial charge on any atom is -0.352 e. The summed E-state index contributed by atoms with van der Waals surface area (Å²) in [6.45, 7) is 6.11. The van der Waals surface area contributed by atoms with Crippen LogP contribution < -0.4 is 5.32 Å². The number of hydrogen-bond donors (Lipinski definition) is 1. The number of carbonyl (C=O) groups is 1. The number of halogens is 1. The fourth-order valence-corrected chi connectivity index (χ4v) is 4.65. The van der Waals surface area contributed by atoms with Gasteiger partial charge in [0.1, 0.15) is 0 Å². The van der Waals surface area contributed by atoms with Crippen LogP contribution in [-0.2, 0) is 14.8 Å². The number of nitrogens with one attached hydrogen (secondary N) is 1. The van der Waals surface area contributed by atoms with E-state index in [1.807, 2.05) is 13.8 Å². The zero-order valence-corrected chi connectivity index (χ0v) is 15.2. The van der Waals surface area contributed by atoms with Gasteiger partial charge in [0.05, 0.1) is 4.90 Å². The van der Waals surface area contributed by atoms with Gasteiger partial charge in [-0.05, 0) is 37.5 Å². The molecule has 1 atom stereocenters. The molecule has 1 aromatic carbocycles. The van der Waals surface area contributed by atoms with Gasteiger partial charge in [0.2, 0.25) is 15.9 Å². The Kier molecular flexibility index (Phi) is 5.70. The first-order valence-corrected chi connectivity index (χ1v) is 9.61. The van der Waals surface area contributed by atoms with Crippen LogP contribution in [0.15, 0.2) is 23.1 Å². The number of benzene rings is 1. The molecule has 0 saturated carbocycles. The molecule has 1 aromatic rings. The van der Waals surface area contributed by atoms with E-state index in [1.54, 1.807) is 25.1 Å². The van der Waals surface area contributed by atoms with E-state index in [4.69, 9.17) is 11.6 Å². The number of piperidine rings is 1. The molecule has 7 heteroatoms. The summed E-state index contributed by atoms with van der Waals surface area (Å²) in [5.41, 5.74) is 0.558. The molecule has 128 valence electrons. The Balaban J connectivity index is 2.20. The third kappa shape index (κ3) is 4.05. The number of rotatable bonds is 4. The maximum Gasteiger partial charge on any atom is 0.243 e. The summed E-state index contributed by atoms with van der Waals surface area (Å²) in [5, 5.41) is 3.36. The van der Waals surface area contributed by atoms with Crippen LogP contribution in [-0.4, -0.2) is 37.8 Å². The van der Waals surface area contributed by atoms with E-state index in [-0.39, 0.29) is 22.8 Å². The summed E-state index contributed by atoms with van der Waals surface area (Å²) in [5.74, 6) is -0.162. The third-order valence-corrected chi connectivity index (χ3v) is 6.51. The SMILES string of the molecule is Cc1c(Cl)cccc1S(=O)(=O)N1CCC[C@H](NC(=O)C(C)C)C1. The van der Waals surface area contributed by atoms with E-state index in [2.05, 4.69) is 5.32 Å². The lowest BCUT2D eigenvalue weighted by Gasteiger charge is -2.33. The van der Waals surface area contributed by atoms with Crippen molar-refractivity contribution in [2.45, 2.75) is 44.6 Å². The highest BCUT2D eigenvalue weighted by molar-refractivity contribution is 7.89. The van der Waals surface area contributed by atoms with Gasteiger partial charge in [-0.2, -0.15) is 4.31 Å². The van der Waals surface area contributed by atoms with Crippen molar-refractivity contribution in [3.05, 3.63) is 28.8 Å². The normalized spacial score (nSPS) is 19.8. The zero-order chi connectivity index (χ0) is 17.2. The van der Waals surface area contributed by atoms with Gasteiger partial charge >= 0.3 is 0 Å². The second-order valence-electron chi connectivity index (χ2n) is 6.23. The van der Waals surface area contributed by atoms with Crippen molar-refractivity contribution in [2.75, 3.05) is 13.1 Å². The van der Waals surface area contributed by atoms with Crippen molar-refractivity contribution in [3.63, 3.8) is 0 Å². The Morgan fingerprint density at radius 2 is 2.09 bits per heavy atom. The fourth-order valence-electron chi connectivity index (χ4n) is 2.65. The van der Waals surface area contributed by atoms with Crippen molar-refractivity contribution in [3.8, 4) is 0 Å². The molecule has 1 N–H and O–H groups in total. The zero-order valence-electron chi connectivity index (χ0n) is 13.7. The minimum absolute atomic E-state index is 0.0480. The minimum atomic E-state index is -3.61. The van der Waals surface area contributed by atoms with Crippen LogP contribution in [0.4, 0.5) is 0 Å². The summed E-state index contributed by atoms with van der Waals surface area (Å²) in [6, 6.07) is 4.75. The van der Waals surface area contributed by atoms with Gasteiger partial charge in [0.25, 0.3) is 0 Å². The molecular weight excluding hydrogens is 336 g/mol. The predicted octanol–water partition coefficient (Wildman–Crippen LogP) is 2.57. The second-order valence-corrected chi connectivity index (χ2v) is 8.54. The molecule has 0 unspecified atom stereocenters. The molecule has 0 aromatic heterocycles. The molecular formula is C16H23ClN2O3S. The van der Waals surface area contributed by atoms with E-state index >= 15 is 0 Å². The van der Waals surface area contributed by atoms with Crippen molar-refractivity contribution in [2.24, 2.45) is 5.92 Å². The maximum atomic E-state index is 12.9. The first kappa shape index (κ1) is 18.2. The largest absolute Gasteiger partial charge is 0.352 e. The topological polar surface area (TPSA) is 66.5 Å². The Bertz CT molecular complexity index is 689. The highest BCUT2D eigenvalue weighted by Gasteiger charge is 2.32. The Hall–Kier alpha value is -1.11. The van der Waals surface area contributed by atoms with Crippen LogP contribution in [0.5, 0.6) is 0 Å². The summed E-state index contributed by atoms with van der Waals surface area (Å²) in [6.07, 6.45) is 1.51. The van der Waals surface area contributed by atoms with Crippen LogP contribution >= 0.6 is 11.6 Å². The van der Waals surface area contributed by atoms with Gasteiger partial charge in [0, 0.05) is 30.1 Å². The van der Waals surface area contributed by atoms with Crippen LogP contribution in [0.3, 0.4) is 0 Å². The van der Waals surface area contributed by atoms with Crippen molar-refractivity contribution in [1.29, 1.82) is 0 Å². The maximum absolute atomic E-state index is 12.9. The van der Waals surface area contributed by atoms with Crippen LogP contribution in [0.1, 0.15) is 32.3 Å². The van der Waals surface area contributed by atoms with Crippen LogP contribution in [0.25, 0.3) is 0 Å². The molecule has 1 amide bonds. The fraction of sp³-hybridized carbons (Fsp3) is 0.562. The van der Waals surface area contributed by atoms with Gasteiger partial charge in [-0.15, -0.1) is 0 Å². The molecule has 0 bridgehead atoms. The smallest absolute Gasteiger partial charge is 0.243 e. The predicted molar refractivity (Wildman–Crippen MR) is 91.0 cm³/mol. The number of sulfonamides is 1. The lowest BCUT2D eigenvalue weighted by atomic mass is 10.1. The standard InChI is InChI=1S/C16H23ClN2O3S/c1-11(2)16(20)18-13-6-5-9-19(10-13)23(21,22)15-8-4-7-14(17)12(15)3/h4,7-8,11,13H,5-6,9-10H2,1-3H3,(H,18,20)/t13-/m0/s1. The van der Waals surface area contributed by atoms with E-state index < -0.39 is 10.0 Å². The van der Waals surface area contributed by atoms with Gasteiger partial charge in [-0.25, -0.2) is 8.42 Å². The van der Waals surface area contributed by atoms with Crippen molar-refractivity contribution >= 4 is 27.5 Å². The van der Waals surface area contributed by atoms with E-state index in [9.17, 15) is 13.2 Å². The molecule has 1 fully saturated rings.